The van der Waals surface area contributed by atoms with E-state index >= 15 is 0 Å². The monoisotopic (exact) mass is 858 g/mol. The maximum atomic E-state index is 12.5. The summed E-state index contributed by atoms with van der Waals surface area (Å²) in [6.07, 6.45) is 65.8. The van der Waals surface area contributed by atoms with Crippen molar-refractivity contribution in [3.63, 3.8) is 0 Å². The van der Waals surface area contributed by atoms with E-state index in [0.717, 1.165) is 44.9 Å². The maximum Gasteiger partial charge on any atom is 0.220 e. The molecule has 0 radical (unpaired) electrons. The van der Waals surface area contributed by atoms with Gasteiger partial charge in [-0.15, -0.1) is 0 Å². The maximum absolute atomic E-state index is 12.5. The zero-order valence-electron chi connectivity index (χ0n) is 41.1. The van der Waals surface area contributed by atoms with E-state index in [1.807, 2.05) is 0 Å². The Morgan fingerprint density at radius 3 is 1.00 bits per heavy atom. The number of hydrogen-bond acceptors (Lipinski definition) is 4. The lowest BCUT2D eigenvalue weighted by Crippen LogP contribution is -2.50. The summed E-state index contributed by atoms with van der Waals surface area (Å²) >= 11 is 0. The molecule has 5 nitrogen and oxygen atoms in total. The van der Waals surface area contributed by atoms with Gasteiger partial charge in [0.2, 0.25) is 5.91 Å². The number of carbonyl (C=O) groups is 1. The van der Waals surface area contributed by atoms with Gasteiger partial charge in [0.15, 0.2) is 0 Å². The van der Waals surface area contributed by atoms with Gasteiger partial charge in [-0.05, 0) is 77.0 Å². The Morgan fingerprint density at radius 1 is 0.393 bits per heavy atom. The summed E-state index contributed by atoms with van der Waals surface area (Å²) in [6.45, 7) is 4.19. The molecule has 0 spiro atoms. The summed E-state index contributed by atoms with van der Waals surface area (Å²) < 4.78 is 0. The van der Waals surface area contributed by atoms with Crippen molar-refractivity contribution in [2.75, 3.05) is 6.61 Å². The van der Waals surface area contributed by atoms with Gasteiger partial charge in [0.05, 0.1) is 18.8 Å². The number of nitrogens with one attached hydrogen (secondary N) is 1. The molecule has 0 rings (SSSR count). The summed E-state index contributed by atoms with van der Waals surface area (Å²) in [6, 6.07) is -0.834. The molecule has 5 heteroatoms. The van der Waals surface area contributed by atoms with E-state index in [1.54, 1.807) is 0 Å². The number of aliphatic hydroxyl groups excluding tert-OH is 3. The zero-order chi connectivity index (χ0) is 44.4. The van der Waals surface area contributed by atoms with Crippen molar-refractivity contribution in [3.05, 3.63) is 36.5 Å². The summed E-state index contributed by atoms with van der Waals surface area (Å²) in [5, 5.41) is 33.7. The largest absolute Gasteiger partial charge is 0.394 e. The molecule has 4 N–H and O–H groups in total. The van der Waals surface area contributed by atoms with Crippen molar-refractivity contribution < 1.29 is 20.1 Å². The highest BCUT2D eigenvalue weighted by Gasteiger charge is 2.26. The SMILES string of the molecule is CCCCCCCCCCCCCC/C=C\CCCCCCCCCCCC(=O)NC(CO)C(O)C(O)CCC/C=C/CC/C=C/CCCCCCCCCCCCCCC. The lowest BCUT2D eigenvalue weighted by molar-refractivity contribution is -0.124. The molecule has 0 fully saturated rings. The molecular weight excluding hydrogens is 751 g/mol. The van der Waals surface area contributed by atoms with Gasteiger partial charge < -0.3 is 20.6 Å². The Kier molecular flexibility index (Phi) is 50.0. The van der Waals surface area contributed by atoms with Crippen molar-refractivity contribution in [2.45, 2.75) is 308 Å². The molecule has 0 aliphatic heterocycles. The molecule has 0 saturated heterocycles. The van der Waals surface area contributed by atoms with Crippen LogP contribution in [0.2, 0.25) is 0 Å². The van der Waals surface area contributed by atoms with Crippen LogP contribution in [0, 0.1) is 0 Å². The fourth-order valence-corrected chi connectivity index (χ4v) is 8.47. The number of hydrogen-bond donors (Lipinski definition) is 4. The minimum atomic E-state index is -1.17. The Morgan fingerprint density at radius 2 is 0.672 bits per heavy atom. The minimum absolute atomic E-state index is 0.158. The molecule has 3 atom stereocenters. The second-order valence-electron chi connectivity index (χ2n) is 18.8. The first kappa shape index (κ1) is 59.6. The van der Waals surface area contributed by atoms with Crippen molar-refractivity contribution in [3.8, 4) is 0 Å². The summed E-state index contributed by atoms with van der Waals surface area (Å²) in [7, 11) is 0. The zero-order valence-corrected chi connectivity index (χ0v) is 41.1. The van der Waals surface area contributed by atoms with E-state index in [1.165, 1.54) is 218 Å². The molecule has 0 aromatic heterocycles. The third kappa shape index (κ3) is 46.4. The average Bonchev–Trinajstić information content (AvgIpc) is 3.26. The molecule has 0 aliphatic carbocycles. The first-order chi connectivity index (χ1) is 30.1. The quantitative estimate of drug-likeness (QED) is 0.0362. The molecule has 0 aliphatic rings. The first-order valence-electron chi connectivity index (χ1n) is 27.3. The number of amides is 1. The first-order valence-corrected chi connectivity index (χ1v) is 27.3. The highest BCUT2D eigenvalue weighted by molar-refractivity contribution is 5.76. The fraction of sp³-hybridized carbons (Fsp3) is 0.875. The number of rotatable bonds is 50. The topological polar surface area (TPSA) is 89.8 Å². The highest BCUT2D eigenvalue weighted by Crippen LogP contribution is 2.16. The second-order valence-corrected chi connectivity index (χ2v) is 18.8. The third-order valence-electron chi connectivity index (χ3n) is 12.7. The molecule has 0 saturated carbocycles. The van der Waals surface area contributed by atoms with E-state index < -0.39 is 18.2 Å². The smallest absolute Gasteiger partial charge is 0.220 e. The number of allylic oxidation sites excluding steroid dienone is 6. The Hall–Kier alpha value is -1.43. The fourth-order valence-electron chi connectivity index (χ4n) is 8.47. The van der Waals surface area contributed by atoms with Crippen molar-refractivity contribution in [1.82, 2.24) is 5.32 Å². The Balaban J connectivity index is 3.61. The molecule has 0 aromatic carbocycles. The van der Waals surface area contributed by atoms with Crippen LogP contribution in [0.3, 0.4) is 0 Å². The minimum Gasteiger partial charge on any atom is -0.394 e. The van der Waals surface area contributed by atoms with Crippen LogP contribution in [0.15, 0.2) is 36.5 Å². The van der Waals surface area contributed by atoms with Crippen LogP contribution in [0.5, 0.6) is 0 Å². The van der Waals surface area contributed by atoms with Crippen molar-refractivity contribution in [1.29, 1.82) is 0 Å². The molecule has 0 bridgehead atoms. The third-order valence-corrected chi connectivity index (χ3v) is 12.7. The lowest BCUT2D eigenvalue weighted by Gasteiger charge is -2.26. The van der Waals surface area contributed by atoms with Gasteiger partial charge in [0.1, 0.15) is 6.10 Å². The van der Waals surface area contributed by atoms with Gasteiger partial charge in [-0.3, -0.25) is 4.79 Å². The Labute approximate surface area is 381 Å². The van der Waals surface area contributed by atoms with E-state index in [2.05, 4.69) is 55.6 Å². The van der Waals surface area contributed by atoms with Gasteiger partial charge >= 0.3 is 0 Å². The van der Waals surface area contributed by atoms with Crippen LogP contribution < -0.4 is 5.32 Å². The second kappa shape index (κ2) is 51.2. The molecule has 0 heterocycles. The number of carbonyl (C=O) groups excluding carboxylic acids is 1. The number of aliphatic hydroxyl groups is 3. The molecule has 1 amide bonds. The van der Waals surface area contributed by atoms with Crippen LogP contribution in [-0.4, -0.2) is 46.1 Å². The van der Waals surface area contributed by atoms with Gasteiger partial charge in [0.25, 0.3) is 0 Å². The van der Waals surface area contributed by atoms with Crippen molar-refractivity contribution in [2.24, 2.45) is 0 Å². The van der Waals surface area contributed by atoms with Gasteiger partial charge in [-0.25, -0.2) is 0 Å². The van der Waals surface area contributed by atoms with Crippen LogP contribution in [-0.2, 0) is 4.79 Å². The molecule has 3 unspecified atom stereocenters. The molecule has 360 valence electrons. The normalized spacial score (nSPS) is 13.6. The number of unbranched alkanes of at least 4 members (excludes halogenated alkanes) is 36. The summed E-state index contributed by atoms with van der Waals surface area (Å²) in [5.41, 5.74) is 0. The molecule has 61 heavy (non-hydrogen) atoms. The lowest BCUT2D eigenvalue weighted by atomic mass is 10.0. The molecular formula is C56H107NO4. The van der Waals surface area contributed by atoms with Gasteiger partial charge in [-0.1, -0.05) is 243 Å². The van der Waals surface area contributed by atoms with Crippen LogP contribution in [0.1, 0.15) is 290 Å². The summed E-state index contributed by atoms with van der Waals surface area (Å²) in [4.78, 5) is 12.5. The van der Waals surface area contributed by atoms with Gasteiger partial charge in [0, 0.05) is 6.42 Å². The van der Waals surface area contributed by atoms with E-state index in [4.69, 9.17) is 0 Å². The Bertz CT molecular complexity index is 947. The highest BCUT2D eigenvalue weighted by atomic mass is 16.3. The van der Waals surface area contributed by atoms with E-state index in [0.29, 0.717) is 12.8 Å². The van der Waals surface area contributed by atoms with Crippen LogP contribution in [0.25, 0.3) is 0 Å². The molecule has 0 aromatic rings. The summed E-state index contributed by atoms with van der Waals surface area (Å²) in [5.74, 6) is -0.158. The van der Waals surface area contributed by atoms with Crippen LogP contribution in [0.4, 0.5) is 0 Å². The van der Waals surface area contributed by atoms with Gasteiger partial charge in [-0.2, -0.15) is 0 Å². The predicted octanol–water partition coefficient (Wildman–Crippen LogP) is 16.7. The standard InChI is InChI=1S/C56H107NO4/c1-3-5-7-9-11-13-15-17-19-21-23-25-27-28-29-31-33-35-37-39-41-43-45-47-49-51-55(60)57-53(52-58)56(61)54(59)50-48-46-44-42-40-38-36-34-32-30-26-24-22-20-18-16-14-12-10-8-6-4-2/h28-29,34,36,42,44,53-54,56,58-59,61H,3-27,30-33,35,37-41,43,45-52H2,1-2H3,(H,57,60)/b29-28-,36-34+,44-42+. The average molecular weight is 858 g/mol. The van der Waals surface area contributed by atoms with Crippen LogP contribution >= 0.6 is 0 Å². The van der Waals surface area contributed by atoms with E-state index in [-0.39, 0.29) is 12.5 Å². The van der Waals surface area contributed by atoms with E-state index in [9.17, 15) is 20.1 Å². The van der Waals surface area contributed by atoms with Crippen molar-refractivity contribution >= 4 is 5.91 Å². The predicted molar refractivity (Wildman–Crippen MR) is 268 cm³/mol.